The Hall–Kier alpha value is -4.06. The highest BCUT2D eigenvalue weighted by Gasteiger charge is 2.47. The summed E-state index contributed by atoms with van der Waals surface area (Å²) in [7, 11) is 1.42. The number of aromatic hydroxyl groups is 1. The number of hydrogen-bond acceptors (Lipinski definition) is 5. The van der Waals surface area contributed by atoms with Crippen molar-refractivity contribution in [3.63, 3.8) is 0 Å². The monoisotopic (exact) mass is 415 g/mol. The highest BCUT2D eigenvalue weighted by atomic mass is 16.5. The molecule has 1 atom stereocenters. The van der Waals surface area contributed by atoms with Gasteiger partial charge in [0.1, 0.15) is 5.76 Å². The molecule has 4 rings (SSSR count). The zero-order valence-electron chi connectivity index (χ0n) is 17.1. The van der Waals surface area contributed by atoms with Crippen LogP contribution in [-0.4, -0.2) is 29.0 Å². The van der Waals surface area contributed by atoms with E-state index in [0.29, 0.717) is 16.8 Å². The first-order valence-electron chi connectivity index (χ1n) is 9.72. The van der Waals surface area contributed by atoms with Crippen LogP contribution in [-0.2, 0) is 9.59 Å². The summed E-state index contributed by atoms with van der Waals surface area (Å²) >= 11 is 0. The number of ether oxygens (including phenoxy) is 1. The number of aliphatic hydroxyl groups excluding tert-OH is 1. The molecule has 1 heterocycles. The summed E-state index contributed by atoms with van der Waals surface area (Å²) in [6, 6.07) is 19.5. The minimum Gasteiger partial charge on any atom is -0.507 e. The molecule has 6 nitrogen and oxygen atoms in total. The van der Waals surface area contributed by atoms with E-state index in [1.807, 2.05) is 19.1 Å². The van der Waals surface area contributed by atoms with Crippen LogP contribution in [0.3, 0.4) is 0 Å². The number of benzene rings is 3. The van der Waals surface area contributed by atoms with Gasteiger partial charge < -0.3 is 14.9 Å². The molecule has 1 aliphatic rings. The van der Waals surface area contributed by atoms with Crippen LogP contribution in [0.2, 0.25) is 0 Å². The van der Waals surface area contributed by atoms with Crippen LogP contribution >= 0.6 is 0 Å². The molecule has 31 heavy (non-hydrogen) atoms. The molecule has 0 bridgehead atoms. The smallest absolute Gasteiger partial charge is 0.300 e. The first-order valence-corrected chi connectivity index (χ1v) is 9.72. The van der Waals surface area contributed by atoms with Crippen molar-refractivity contribution in [3.05, 3.63) is 95.1 Å². The molecule has 0 saturated carbocycles. The average Bonchev–Trinajstić information content (AvgIpc) is 3.05. The molecule has 1 saturated heterocycles. The Morgan fingerprint density at radius 3 is 2.29 bits per heavy atom. The van der Waals surface area contributed by atoms with Gasteiger partial charge in [0.25, 0.3) is 11.7 Å². The second kappa shape index (κ2) is 7.99. The molecule has 2 N–H and O–H groups in total. The largest absolute Gasteiger partial charge is 0.507 e. The third-order valence-electron chi connectivity index (χ3n) is 5.32. The van der Waals surface area contributed by atoms with Crippen molar-refractivity contribution in [2.45, 2.75) is 13.0 Å². The van der Waals surface area contributed by atoms with Gasteiger partial charge in [-0.25, -0.2) is 0 Å². The van der Waals surface area contributed by atoms with Crippen LogP contribution in [0, 0.1) is 6.92 Å². The van der Waals surface area contributed by atoms with Gasteiger partial charge in [-0.2, -0.15) is 0 Å². The van der Waals surface area contributed by atoms with Crippen molar-refractivity contribution in [2.24, 2.45) is 0 Å². The number of anilines is 1. The highest BCUT2D eigenvalue weighted by molar-refractivity contribution is 6.51. The summed E-state index contributed by atoms with van der Waals surface area (Å²) in [6.45, 7) is 1.93. The predicted molar refractivity (Wildman–Crippen MR) is 117 cm³/mol. The van der Waals surface area contributed by atoms with E-state index in [1.54, 1.807) is 54.6 Å². The molecule has 1 fully saturated rings. The van der Waals surface area contributed by atoms with Crippen molar-refractivity contribution in [1.29, 1.82) is 0 Å². The number of aliphatic hydroxyl groups is 1. The number of aryl methyl sites for hydroxylation is 1. The predicted octanol–water partition coefficient (Wildman–Crippen LogP) is 4.34. The van der Waals surface area contributed by atoms with Crippen molar-refractivity contribution >= 4 is 23.1 Å². The van der Waals surface area contributed by atoms with Gasteiger partial charge >= 0.3 is 0 Å². The Morgan fingerprint density at radius 2 is 1.65 bits per heavy atom. The van der Waals surface area contributed by atoms with E-state index >= 15 is 0 Å². The van der Waals surface area contributed by atoms with Gasteiger partial charge in [0.2, 0.25) is 0 Å². The number of rotatable bonds is 4. The molecule has 6 heteroatoms. The first kappa shape index (κ1) is 20.2. The molecule has 0 radical (unpaired) electrons. The molecule has 1 amide bonds. The number of ketones is 1. The van der Waals surface area contributed by atoms with Gasteiger partial charge in [-0.05, 0) is 36.8 Å². The maximum absolute atomic E-state index is 13.1. The topological polar surface area (TPSA) is 87.1 Å². The maximum atomic E-state index is 13.1. The molecule has 3 aromatic carbocycles. The van der Waals surface area contributed by atoms with Gasteiger partial charge in [-0.1, -0.05) is 54.1 Å². The molecule has 1 aliphatic heterocycles. The SMILES string of the molecule is COc1cc(C2C(=C(O)c3ccccc3)C(=O)C(=O)N2c2ccc(C)cc2)ccc1O. The lowest BCUT2D eigenvalue weighted by molar-refractivity contribution is -0.132. The number of hydrogen-bond donors (Lipinski definition) is 2. The molecular formula is C25H21NO5. The molecule has 0 aliphatic carbocycles. The number of phenolic OH excluding ortho intramolecular Hbond substituents is 1. The summed E-state index contributed by atoms with van der Waals surface area (Å²) in [5.74, 6) is -1.64. The quantitative estimate of drug-likeness (QED) is 0.376. The van der Waals surface area contributed by atoms with Gasteiger partial charge in [0.05, 0.1) is 18.7 Å². The molecule has 3 aromatic rings. The summed E-state index contributed by atoms with van der Waals surface area (Å²) < 4.78 is 5.22. The molecule has 1 unspecified atom stereocenters. The van der Waals surface area contributed by atoms with E-state index in [-0.39, 0.29) is 22.8 Å². The van der Waals surface area contributed by atoms with Crippen LogP contribution < -0.4 is 9.64 Å². The number of Topliss-reactive ketones (excluding diaryl/α,β-unsaturated/α-hetero) is 1. The lowest BCUT2D eigenvalue weighted by Crippen LogP contribution is -2.29. The van der Waals surface area contributed by atoms with Crippen LogP contribution in [0.15, 0.2) is 78.4 Å². The van der Waals surface area contributed by atoms with E-state index in [2.05, 4.69) is 0 Å². The van der Waals surface area contributed by atoms with Crippen LogP contribution in [0.1, 0.15) is 22.7 Å². The van der Waals surface area contributed by atoms with E-state index in [0.717, 1.165) is 5.56 Å². The van der Waals surface area contributed by atoms with Gasteiger partial charge in [-0.15, -0.1) is 0 Å². The standard InChI is InChI=1S/C25H21NO5/c1-15-8-11-18(12-9-15)26-22(17-10-13-19(27)20(14-17)31-2)21(24(29)25(26)30)23(28)16-6-4-3-5-7-16/h3-14,22,27-28H,1-2H3. The van der Waals surface area contributed by atoms with E-state index in [1.165, 1.54) is 18.1 Å². The Kier molecular flexibility index (Phi) is 5.21. The van der Waals surface area contributed by atoms with E-state index in [4.69, 9.17) is 4.74 Å². The maximum Gasteiger partial charge on any atom is 0.300 e. The van der Waals surface area contributed by atoms with Crippen LogP contribution in [0.5, 0.6) is 11.5 Å². The highest BCUT2D eigenvalue weighted by Crippen LogP contribution is 2.43. The third kappa shape index (κ3) is 3.53. The summed E-state index contributed by atoms with van der Waals surface area (Å²) in [6.07, 6.45) is 0. The molecule has 0 aromatic heterocycles. The molecule has 156 valence electrons. The van der Waals surface area contributed by atoms with Crippen molar-refractivity contribution in [1.82, 2.24) is 0 Å². The fraction of sp³-hybridized carbons (Fsp3) is 0.120. The minimum absolute atomic E-state index is 0.0236. The van der Waals surface area contributed by atoms with E-state index in [9.17, 15) is 19.8 Å². The van der Waals surface area contributed by atoms with Crippen LogP contribution in [0.25, 0.3) is 5.76 Å². The van der Waals surface area contributed by atoms with Gasteiger partial charge in [0.15, 0.2) is 11.5 Å². The fourth-order valence-electron chi connectivity index (χ4n) is 3.74. The zero-order valence-corrected chi connectivity index (χ0v) is 17.1. The van der Waals surface area contributed by atoms with Gasteiger partial charge in [0, 0.05) is 11.3 Å². The van der Waals surface area contributed by atoms with Crippen molar-refractivity contribution in [2.75, 3.05) is 12.0 Å². The third-order valence-corrected chi connectivity index (χ3v) is 5.32. The molecular weight excluding hydrogens is 394 g/mol. The number of carbonyl (C=O) groups is 2. The number of methoxy groups -OCH3 is 1. The Balaban J connectivity index is 1.96. The van der Waals surface area contributed by atoms with Crippen molar-refractivity contribution in [3.8, 4) is 11.5 Å². The van der Waals surface area contributed by atoms with Crippen molar-refractivity contribution < 1.29 is 24.5 Å². The van der Waals surface area contributed by atoms with Gasteiger partial charge in [-0.3, -0.25) is 14.5 Å². The Morgan fingerprint density at radius 1 is 0.968 bits per heavy atom. The number of phenols is 1. The number of nitrogens with zero attached hydrogens (tertiary/aromatic N) is 1. The second-order valence-electron chi connectivity index (χ2n) is 7.30. The normalized spacial score (nSPS) is 17.7. The Bertz CT molecular complexity index is 1180. The first-order chi connectivity index (χ1) is 14.9. The van der Waals surface area contributed by atoms with E-state index < -0.39 is 17.7 Å². The average molecular weight is 415 g/mol. The second-order valence-corrected chi connectivity index (χ2v) is 7.30. The lowest BCUT2D eigenvalue weighted by atomic mass is 9.94. The lowest BCUT2D eigenvalue weighted by Gasteiger charge is -2.26. The summed E-state index contributed by atoms with van der Waals surface area (Å²) in [5.41, 5.74) is 2.46. The minimum atomic E-state index is -0.891. The summed E-state index contributed by atoms with van der Waals surface area (Å²) in [5, 5.41) is 21.0. The summed E-state index contributed by atoms with van der Waals surface area (Å²) in [4.78, 5) is 27.5. The molecule has 0 spiro atoms. The number of carbonyl (C=O) groups excluding carboxylic acids is 2. The Labute approximate surface area is 179 Å². The number of amides is 1. The zero-order chi connectivity index (χ0) is 22.1. The van der Waals surface area contributed by atoms with Crippen LogP contribution in [0.4, 0.5) is 5.69 Å². The fourth-order valence-corrected chi connectivity index (χ4v) is 3.74.